The molecule has 8 heteroatoms. The molecule has 31 heavy (non-hydrogen) atoms. The molecule has 5 rings (SSSR count). The zero-order valence-corrected chi connectivity index (χ0v) is 17.8. The Labute approximate surface area is 180 Å². The Hall–Kier alpha value is -3.42. The van der Waals surface area contributed by atoms with E-state index in [0.29, 0.717) is 11.6 Å². The molecule has 0 radical (unpaired) electrons. The molecule has 2 fully saturated rings. The van der Waals surface area contributed by atoms with Crippen molar-refractivity contribution in [1.82, 2.24) is 25.3 Å². The minimum absolute atomic E-state index is 0.0147. The lowest BCUT2D eigenvalue weighted by atomic mass is 9.75. The summed E-state index contributed by atoms with van der Waals surface area (Å²) in [6.45, 7) is 5.76. The number of carbonyl (C=O) groups excluding carboxylic acids is 2. The predicted octanol–water partition coefficient (Wildman–Crippen LogP) is 2.83. The van der Waals surface area contributed by atoms with Crippen molar-refractivity contribution in [2.45, 2.75) is 46.1 Å². The molecule has 0 aromatic carbocycles. The van der Waals surface area contributed by atoms with Gasteiger partial charge in [-0.2, -0.15) is 0 Å². The van der Waals surface area contributed by atoms with Gasteiger partial charge in [-0.1, -0.05) is 19.9 Å². The molecule has 2 aliphatic carbocycles. The molecule has 1 N–H and O–H groups in total. The molecule has 0 bridgehead atoms. The molecule has 2 aromatic rings. The first-order valence-corrected chi connectivity index (χ1v) is 10.5. The third kappa shape index (κ3) is 3.41. The van der Waals surface area contributed by atoms with Gasteiger partial charge in [0.1, 0.15) is 11.5 Å². The van der Waals surface area contributed by atoms with Gasteiger partial charge in [-0.15, -0.1) is 0 Å². The number of allylic oxidation sites excluding steroid dienone is 4. The predicted molar refractivity (Wildman–Crippen MR) is 115 cm³/mol. The van der Waals surface area contributed by atoms with Crippen molar-refractivity contribution in [3.8, 4) is 0 Å². The Bertz CT molecular complexity index is 1130. The highest BCUT2D eigenvalue weighted by atomic mass is 16.2. The maximum atomic E-state index is 13.4. The maximum absolute atomic E-state index is 13.4. The van der Waals surface area contributed by atoms with Crippen LogP contribution in [0.25, 0.3) is 5.57 Å². The summed E-state index contributed by atoms with van der Waals surface area (Å²) in [4.78, 5) is 44.8. The summed E-state index contributed by atoms with van der Waals surface area (Å²) in [6, 6.07) is 0.222. The van der Waals surface area contributed by atoms with Crippen LogP contribution in [0.3, 0.4) is 0 Å². The molecule has 3 aliphatic rings. The molecule has 1 unspecified atom stereocenters. The van der Waals surface area contributed by atoms with E-state index in [9.17, 15) is 9.59 Å². The summed E-state index contributed by atoms with van der Waals surface area (Å²) in [5.74, 6) is 0.792. The highest BCUT2D eigenvalue weighted by molar-refractivity contribution is 6.04. The zero-order chi connectivity index (χ0) is 21.8. The van der Waals surface area contributed by atoms with E-state index in [1.807, 2.05) is 26.8 Å². The number of carbonyl (C=O) groups is 2. The minimum atomic E-state index is -0.592. The van der Waals surface area contributed by atoms with Crippen LogP contribution < -0.4 is 10.2 Å². The molecule has 3 heterocycles. The van der Waals surface area contributed by atoms with Crippen LogP contribution in [-0.2, 0) is 4.79 Å². The van der Waals surface area contributed by atoms with Gasteiger partial charge in [-0.05, 0) is 37.8 Å². The number of aromatic nitrogens is 4. The van der Waals surface area contributed by atoms with Crippen molar-refractivity contribution in [2.24, 2.45) is 11.3 Å². The van der Waals surface area contributed by atoms with Crippen LogP contribution in [0.5, 0.6) is 0 Å². The summed E-state index contributed by atoms with van der Waals surface area (Å²) in [5, 5.41) is 2.92. The lowest BCUT2D eigenvalue weighted by Gasteiger charge is -2.25. The zero-order valence-electron chi connectivity index (χ0n) is 17.8. The SMILES string of the molecule is Cc1ncc(C2=CCC3C(=C2)N(c2cncc(C(=O)NC4CC4)n2)C(=O)C3(C)C)cn1. The number of nitrogens with one attached hydrogen (secondary N) is 1. The van der Waals surface area contributed by atoms with E-state index in [2.05, 4.69) is 31.3 Å². The molecule has 1 saturated heterocycles. The molecule has 1 atom stereocenters. The Morgan fingerprint density at radius 1 is 1.16 bits per heavy atom. The molecule has 0 spiro atoms. The minimum Gasteiger partial charge on any atom is -0.348 e. The number of rotatable bonds is 4. The van der Waals surface area contributed by atoms with Gasteiger partial charge in [0.05, 0.1) is 17.8 Å². The topological polar surface area (TPSA) is 101 Å². The third-order valence-corrected chi connectivity index (χ3v) is 6.23. The summed E-state index contributed by atoms with van der Waals surface area (Å²) in [6.07, 6.45) is 13.4. The summed E-state index contributed by atoms with van der Waals surface area (Å²) < 4.78 is 0. The smallest absolute Gasteiger partial charge is 0.271 e. The van der Waals surface area contributed by atoms with Gasteiger partial charge < -0.3 is 5.32 Å². The van der Waals surface area contributed by atoms with E-state index in [-0.39, 0.29) is 29.5 Å². The van der Waals surface area contributed by atoms with Crippen molar-refractivity contribution < 1.29 is 9.59 Å². The molecular weight excluding hydrogens is 392 g/mol. The van der Waals surface area contributed by atoms with Gasteiger partial charge in [0.2, 0.25) is 5.91 Å². The fourth-order valence-corrected chi connectivity index (χ4v) is 4.16. The summed E-state index contributed by atoms with van der Waals surface area (Å²) in [5.41, 5.74) is 2.36. The van der Waals surface area contributed by atoms with Gasteiger partial charge in [0.15, 0.2) is 5.82 Å². The van der Waals surface area contributed by atoms with Crippen molar-refractivity contribution in [3.63, 3.8) is 0 Å². The highest BCUT2D eigenvalue weighted by Crippen LogP contribution is 2.50. The molecular formula is C23H24N6O2. The second-order valence-electron chi connectivity index (χ2n) is 8.91. The first kappa shape index (κ1) is 19.5. The van der Waals surface area contributed by atoms with Crippen LogP contribution in [0, 0.1) is 18.3 Å². The molecule has 1 aliphatic heterocycles. The Morgan fingerprint density at radius 2 is 1.90 bits per heavy atom. The standard InChI is InChI=1S/C23H24N6O2/c1-13-25-9-15(10-26-13)14-4-7-17-19(8-14)29(22(31)23(17,2)3)20-12-24-11-18(28-20)21(30)27-16-5-6-16/h4,8-12,16-17H,5-7H2,1-3H3,(H,27,30). The molecule has 8 nitrogen and oxygen atoms in total. The van der Waals surface area contributed by atoms with Crippen molar-refractivity contribution in [3.05, 3.63) is 59.7 Å². The first-order valence-electron chi connectivity index (χ1n) is 10.5. The number of amides is 2. The second kappa shape index (κ2) is 7.08. The number of aryl methyl sites for hydroxylation is 1. The first-order chi connectivity index (χ1) is 14.8. The number of hydrogen-bond acceptors (Lipinski definition) is 6. The lowest BCUT2D eigenvalue weighted by Crippen LogP contribution is -2.32. The van der Waals surface area contributed by atoms with E-state index in [0.717, 1.165) is 36.1 Å². The van der Waals surface area contributed by atoms with E-state index in [1.54, 1.807) is 17.3 Å². The van der Waals surface area contributed by atoms with Crippen molar-refractivity contribution in [2.75, 3.05) is 4.90 Å². The van der Waals surface area contributed by atoms with Crippen LogP contribution in [-0.4, -0.2) is 37.8 Å². The van der Waals surface area contributed by atoms with Crippen LogP contribution in [0.1, 0.15) is 55.0 Å². The number of nitrogens with zero attached hydrogens (tertiary/aromatic N) is 5. The van der Waals surface area contributed by atoms with Gasteiger partial charge >= 0.3 is 0 Å². The largest absolute Gasteiger partial charge is 0.348 e. The average Bonchev–Trinajstić information content (AvgIpc) is 3.55. The molecule has 2 amide bonds. The Balaban J connectivity index is 1.53. The number of fused-ring (bicyclic) bond motifs is 1. The molecule has 2 aromatic heterocycles. The van der Waals surface area contributed by atoms with Crippen LogP contribution >= 0.6 is 0 Å². The number of hydrogen-bond donors (Lipinski definition) is 1. The Morgan fingerprint density at radius 3 is 2.61 bits per heavy atom. The van der Waals surface area contributed by atoms with Gasteiger partial charge in [-0.25, -0.2) is 15.0 Å². The van der Waals surface area contributed by atoms with Crippen LogP contribution in [0.2, 0.25) is 0 Å². The quantitative estimate of drug-likeness (QED) is 0.823. The lowest BCUT2D eigenvalue weighted by molar-refractivity contribution is -0.125. The van der Waals surface area contributed by atoms with Gasteiger partial charge in [0, 0.05) is 35.6 Å². The number of anilines is 1. The average molecular weight is 416 g/mol. The van der Waals surface area contributed by atoms with Crippen molar-refractivity contribution >= 4 is 23.2 Å². The van der Waals surface area contributed by atoms with Crippen LogP contribution in [0.15, 0.2) is 42.6 Å². The highest BCUT2D eigenvalue weighted by Gasteiger charge is 2.52. The maximum Gasteiger partial charge on any atom is 0.271 e. The summed E-state index contributed by atoms with van der Waals surface area (Å²) in [7, 11) is 0. The van der Waals surface area contributed by atoms with Gasteiger partial charge in [-0.3, -0.25) is 19.5 Å². The normalized spacial score (nSPS) is 22.0. The summed E-state index contributed by atoms with van der Waals surface area (Å²) >= 11 is 0. The van der Waals surface area contributed by atoms with Gasteiger partial charge in [0.25, 0.3) is 5.91 Å². The van der Waals surface area contributed by atoms with E-state index >= 15 is 0 Å². The fourth-order valence-electron chi connectivity index (χ4n) is 4.16. The second-order valence-corrected chi connectivity index (χ2v) is 8.91. The molecule has 1 saturated carbocycles. The van der Waals surface area contributed by atoms with E-state index in [1.165, 1.54) is 12.4 Å². The Kier molecular flexibility index (Phi) is 4.46. The van der Waals surface area contributed by atoms with Crippen LogP contribution in [0.4, 0.5) is 5.82 Å². The van der Waals surface area contributed by atoms with Crippen molar-refractivity contribution in [1.29, 1.82) is 0 Å². The van der Waals surface area contributed by atoms with E-state index in [4.69, 9.17) is 0 Å². The molecule has 158 valence electrons. The third-order valence-electron chi connectivity index (χ3n) is 6.23. The van der Waals surface area contributed by atoms with E-state index < -0.39 is 5.41 Å². The monoisotopic (exact) mass is 416 g/mol. The fraction of sp³-hybridized carbons (Fsp3) is 0.391.